The van der Waals surface area contributed by atoms with Gasteiger partial charge in [-0.15, -0.1) is 0 Å². The van der Waals surface area contributed by atoms with Crippen LogP contribution in [0.2, 0.25) is 0 Å². The third-order valence-corrected chi connectivity index (χ3v) is 8.98. The van der Waals surface area contributed by atoms with Gasteiger partial charge in [-0.1, -0.05) is 92.6 Å². The lowest BCUT2D eigenvalue weighted by Crippen LogP contribution is -2.61. The summed E-state index contributed by atoms with van der Waals surface area (Å²) in [5.74, 6) is -6.07. The molecule has 3 aromatic rings. The molecule has 0 unspecified atom stereocenters. The largest absolute Gasteiger partial charge is 0.508 e. The molecule has 0 radical (unpaired) electrons. The highest BCUT2D eigenvalue weighted by molar-refractivity contribution is 5.96. The summed E-state index contributed by atoms with van der Waals surface area (Å²) in [4.78, 5) is 90.6. The molecule has 17 nitrogen and oxygen atoms in total. The molecule has 11 N–H and O–H groups in total. The molecule has 0 heterocycles. The number of rotatable bonds is 23. The molecule has 0 spiro atoms. The number of phenols is 1. The lowest BCUT2D eigenvalue weighted by Gasteiger charge is -2.27. The molecule has 312 valence electrons. The number of hydrogen-bond donors (Lipinski definition) is 10. The van der Waals surface area contributed by atoms with E-state index in [1.165, 1.54) is 31.2 Å². The molecule has 0 saturated carbocycles. The van der Waals surface area contributed by atoms with Gasteiger partial charge in [0, 0.05) is 19.3 Å². The lowest BCUT2D eigenvalue weighted by atomic mass is 10.0. The summed E-state index contributed by atoms with van der Waals surface area (Å²) in [5.41, 5.74) is 7.93. The van der Waals surface area contributed by atoms with Crippen molar-refractivity contribution < 1.29 is 48.9 Å². The number of nitrogens with two attached hydrogens (primary N) is 1. The summed E-state index contributed by atoms with van der Waals surface area (Å²) in [6, 6.07) is 16.9. The van der Waals surface area contributed by atoms with E-state index in [0.29, 0.717) is 29.5 Å². The van der Waals surface area contributed by atoms with Gasteiger partial charge in [-0.05, 0) is 42.2 Å². The van der Waals surface area contributed by atoms with E-state index in [0.717, 1.165) is 6.42 Å². The number of amides is 6. The van der Waals surface area contributed by atoms with Gasteiger partial charge in [0.25, 0.3) is 0 Å². The zero-order chi connectivity index (χ0) is 42.6. The maximum atomic E-state index is 13.7. The smallest absolute Gasteiger partial charge is 0.326 e. The van der Waals surface area contributed by atoms with Crippen molar-refractivity contribution >= 4 is 41.4 Å². The number of carbonyl (C=O) groups excluding carboxylic acids is 6. The number of aromatic hydroxyl groups is 1. The highest BCUT2D eigenvalue weighted by Crippen LogP contribution is 2.12. The number of carboxylic acids is 1. The minimum absolute atomic E-state index is 0.0122. The van der Waals surface area contributed by atoms with Crippen molar-refractivity contribution in [1.29, 1.82) is 0 Å². The van der Waals surface area contributed by atoms with Gasteiger partial charge >= 0.3 is 5.97 Å². The molecule has 58 heavy (non-hydrogen) atoms. The van der Waals surface area contributed by atoms with Gasteiger partial charge in [0.2, 0.25) is 35.4 Å². The molecule has 0 bridgehead atoms. The van der Waals surface area contributed by atoms with Crippen LogP contribution >= 0.6 is 0 Å². The Morgan fingerprint density at radius 2 is 1.10 bits per heavy atom. The Balaban J connectivity index is 1.69. The van der Waals surface area contributed by atoms with E-state index in [4.69, 9.17) is 5.73 Å². The number of unbranched alkanes of at least 4 members (excludes halogenated alkanes) is 1. The van der Waals surface area contributed by atoms with Crippen LogP contribution in [0.25, 0.3) is 0 Å². The first kappa shape index (κ1) is 46.1. The average molecular weight is 804 g/mol. The van der Waals surface area contributed by atoms with Gasteiger partial charge in [0.1, 0.15) is 29.9 Å². The molecule has 0 aliphatic rings. The number of benzene rings is 3. The van der Waals surface area contributed by atoms with Gasteiger partial charge in [-0.2, -0.15) is 0 Å². The molecule has 0 fully saturated rings. The first-order chi connectivity index (χ1) is 27.7. The van der Waals surface area contributed by atoms with Crippen LogP contribution in [0.5, 0.6) is 5.75 Å². The quantitative estimate of drug-likeness (QED) is 0.0588. The van der Waals surface area contributed by atoms with E-state index in [-0.39, 0.29) is 25.0 Å². The average Bonchev–Trinajstić information content (AvgIpc) is 3.20. The minimum atomic E-state index is -1.61. The highest BCUT2D eigenvalue weighted by Gasteiger charge is 2.33. The van der Waals surface area contributed by atoms with E-state index in [1.54, 1.807) is 60.7 Å². The highest BCUT2D eigenvalue weighted by atomic mass is 16.4. The summed E-state index contributed by atoms with van der Waals surface area (Å²) >= 11 is 0. The summed E-state index contributed by atoms with van der Waals surface area (Å²) in [5, 5.41) is 44.7. The predicted molar refractivity (Wildman–Crippen MR) is 213 cm³/mol. The molecule has 0 aromatic heterocycles. The minimum Gasteiger partial charge on any atom is -0.508 e. The summed E-state index contributed by atoms with van der Waals surface area (Å²) in [7, 11) is 0. The van der Waals surface area contributed by atoms with E-state index in [1.807, 2.05) is 6.92 Å². The van der Waals surface area contributed by atoms with Gasteiger partial charge in [0.15, 0.2) is 0 Å². The lowest BCUT2D eigenvalue weighted by molar-refractivity contribution is -0.141. The number of aliphatic carboxylic acids is 1. The zero-order valence-corrected chi connectivity index (χ0v) is 32.5. The molecule has 3 aromatic carbocycles. The predicted octanol–water partition coefficient (Wildman–Crippen LogP) is -0.425. The Labute approximate surface area is 336 Å². The van der Waals surface area contributed by atoms with Crippen molar-refractivity contribution in [3.8, 4) is 5.75 Å². The summed E-state index contributed by atoms with van der Waals surface area (Å²) in [6.45, 7) is 1.98. The maximum Gasteiger partial charge on any atom is 0.326 e. The summed E-state index contributed by atoms with van der Waals surface area (Å²) in [6.07, 6.45) is 0.318. The summed E-state index contributed by atoms with van der Waals surface area (Å²) < 4.78 is 0. The van der Waals surface area contributed by atoms with E-state index >= 15 is 0 Å². The normalized spacial score (nSPS) is 13.9. The van der Waals surface area contributed by atoms with Crippen LogP contribution < -0.4 is 37.6 Å². The van der Waals surface area contributed by atoms with Crippen LogP contribution in [0.4, 0.5) is 0 Å². The number of carboxylic acid groups (broad SMARTS) is 1. The van der Waals surface area contributed by atoms with Crippen molar-refractivity contribution in [1.82, 2.24) is 31.9 Å². The molecular formula is C41H53N7O10. The first-order valence-electron chi connectivity index (χ1n) is 18.9. The molecule has 0 aliphatic carbocycles. The number of hydrogen-bond acceptors (Lipinski definition) is 10. The van der Waals surface area contributed by atoms with Gasteiger partial charge < -0.3 is 53.0 Å². The second-order valence-electron chi connectivity index (χ2n) is 13.8. The number of carbonyl (C=O) groups is 7. The fraction of sp³-hybridized carbons (Fsp3) is 0.390. The van der Waals surface area contributed by atoms with Crippen molar-refractivity contribution in [2.24, 2.45) is 5.73 Å². The molecule has 3 rings (SSSR count). The van der Waals surface area contributed by atoms with Crippen LogP contribution in [0.3, 0.4) is 0 Å². The Morgan fingerprint density at radius 1 is 0.603 bits per heavy atom. The van der Waals surface area contributed by atoms with Crippen molar-refractivity contribution in [2.75, 3.05) is 13.1 Å². The number of nitrogens with one attached hydrogen (secondary N) is 6. The van der Waals surface area contributed by atoms with Crippen LogP contribution in [0.1, 0.15) is 49.8 Å². The standard InChI is InChI=1S/C41H53N7O10/c1-3-4-15-30(42)37(53)46-32(20-26-11-7-5-8-12-26)39(55)48-36(25(2)49)40(56)47-31(21-28-16-18-29(50)19-17-28)38(54)44-23-34(51)43-24-35(52)45-33(41(57)58)22-27-13-9-6-10-14-27/h5-14,16-19,25,30-33,36,49-50H,3-4,15,20-24,42H2,1-2H3,(H,43,51)(H,44,54)(H,45,52)(H,46,53)(H,47,56)(H,48,55)(H,57,58)/t25-,30+,31+,32+,33+,36+/m1/s1. The molecule has 6 amide bonds. The van der Waals surface area contributed by atoms with E-state index in [2.05, 4.69) is 31.9 Å². The molecular weight excluding hydrogens is 750 g/mol. The van der Waals surface area contributed by atoms with Crippen molar-refractivity contribution in [3.05, 3.63) is 102 Å². The third-order valence-electron chi connectivity index (χ3n) is 8.98. The van der Waals surface area contributed by atoms with Crippen LogP contribution in [0.15, 0.2) is 84.9 Å². The van der Waals surface area contributed by atoms with Crippen LogP contribution in [0, 0.1) is 0 Å². The SMILES string of the molecule is CCCC[C@H](N)C(=O)N[C@@H](Cc1ccccc1)C(=O)N[C@H](C(=O)N[C@@H](Cc1ccc(O)cc1)C(=O)NCC(=O)NCC(=O)N[C@@H](Cc1ccccc1)C(=O)O)[C@@H](C)O. The monoisotopic (exact) mass is 803 g/mol. The number of phenolic OH excluding ortho intramolecular Hbond substituents is 1. The second-order valence-corrected chi connectivity index (χ2v) is 13.8. The molecule has 0 saturated heterocycles. The van der Waals surface area contributed by atoms with Crippen molar-refractivity contribution in [2.45, 2.75) is 88.7 Å². The van der Waals surface area contributed by atoms with Crippen LogP contribution in [-0.2, 0) is 52.8 Å². The van der Waals surface area contributed by atoms with E-state index in [9.17, 15) is 48.9 Å². The fourth-order valence-corrected chi connectivity index (χ4v) is 5.72. The topological polar surface area (TPSA) is 278 Å². The van der Waals surface area contributed by atoms with E-state index < -0.39 is 90.8 Å². The molecule has 17 heteroatoms. The Kier molecular flexibility index (Phi) is 18.8. The Morgan fingerprint density at radius 3 is 1.64 bits per heavy atom. The second kappa shape index (κ2) is 23.7. The van der Waals surface area contributed by atoms with Gasteiger partial charge in [-0.25, -0.2) is 4.79 Å². The fourth-order valence-electron chi connectivity index (χ4n) is 5.72. The maximum absolute atomic E-state index is 13.7. The number of aliphatic hydroxyl groups excluding tert-OH is 1. The van der Waals surface area contributed by atoms with Gasteiger partial charge in [0.05, 0.1) is 25.2 Å². The third kappa shape index (κ3) is 16.0. The van der Waals surface area contributed by atoms with Crippen molar-refractivity contribution in [3.63, 3.8) is 0 Å². The Hall–Kier alpha value is -6.33. The molecule has 6 atom stereocenters. The number of aliphatic hydroxyl groups is 1. The first-order valence-corrected chi connectivity index (χ1v) is 18.9. The van der Waals surface area contributed by atoms with Gasteiger partial charge in [-0.3, -0.25) is 28.8 Å². The Bertz CT molecular complexity index is 1830. The molecule has 0 aliphatic heterocycles. The zero-order valence-electron chi connectivity index (χ0n) is 32.5. The van der Waals surface area contributed by atoms with Crippen LogP contribution in [-0.4, -0.2) is 106 Å².